The van der Waals surface area contributed by atoms with Gasteiger partial charge in [0.15, 0.2) is 0 Å². The molecule has 42 heavy (non-hydrogen) atoms. The van der Waals surface area contributed by atoms with Crippen LogP contribution >= 0.6 is 0 Å². The third-order valence-corrected chi connectivity index (χ3v) is 8.34. The van der Waals surface area contributed by atoms with Gasteiger partial charge in [0.05, 0.1) is 12.2 Å². The van der Waals surface area contributed by atoms with Crippen LogP contribution in [0.3, 0.4) is 0 Å². The molecule has 0 radical (unpaired) electrons. The maximum absolute atomic E-state index is 14.7. The van der Waals surface area contributed by atoms with E-state index < -0.39 is 70.7 Å². The van der Waals surface area contributed by atoms with Crippen molar-refractivity contribution < 1.29 is 62.2 Å². The molecule has 1 atom stereocenters. The summed E-state index contributed by atoms with van der Waals surface area (Å²) < 4.78 is 186. The Labute approximate surface area is 236 Å². The summed E-state index contributed by atoms with van der Waals surface area (Å²) in [4.78, 5) is 0. The second kappa shape index (κ2) is 12.4. The molecule has 2 saturated carbocycles. The molecule has 0 bridgehead atoms. The molecule has 2 aliphatic rings. The summed E-state index contributed by atoms with van der Waals surface area (Å²) in [5.41, 5.74) is -14.7. The lowest BCUT2D eigenvalue weighted by atomic mass is 9.81. The van der Waals surface area contributed by atoms with Crippen LogP contribution < -0.4 is 0 Å². The van der Waals surface area contributed by atoms with E-state index in [4.69, 9.17) is 9.47 Å². The molecule has 2 nitrogen and oxygen atoms in total. The van der Waals surface area contributed by atoms with Crippen molar-refractivity contribution >= 4 is 0 Å². The molecule has 14 heteroatoms. The Morgan fingerprint density at radius 1 is 0.571 bits per heavy atom. The third kappa shape index (κ3) is 6.53. The number of alkyl halides is 12. The van der Waals surface area contributed by atoms with E-state index in [9.17, 15) is 52.7 Å². The smallest absolute Gasteiger partial charge is 0.351 e. The van der Waals surface area contributed by atoms with E-state index in [1.165, 1.54) is 13.8 Å². The van der Waals surface area contributed by atoms with Crippen LogP contribution in [0.5, 0.6) is 0 Å². The maximum Gasteiger partial charge on any atom is 0.430 e. The quantitative estimate of drug-likeness (QED) is 0.266. The lowest BCUT2D eigenvalue weighted by Crippen LogP contribution is -2.59. The molecule has 1 aromatic carbocycles. The SMILES string of the molecule is CCC(C)c1cc(C(OC2CCCCC2)(C(F)(F)F)C(F)(F)F)cc(C(OC2CCCCC2)(C(F)(F)F)C(F)(F)F)c1. The van der Waals surface area contributed by atoms with Gasteiger partial charge < -0.3 is 9.47 Å². The molecule has 0 heterocycles. The van der Waals surface area contributed by atoms with E-state index in [1.54, 1.807) is 0 Å². The molecule has 2 fully saturated rings. The minimum atomic E-state index is -6.29. The summed E-state index contributed by atoms with van der Waals surface area (Å²) in [6.45, 7) is 2.72. The zero-order valence-corrected chi connectivity index (χ0v) is 23.1. The number of hydrogen-bond acceptors (Lipinski definition) is 2. The highest BCUT2D eigenvalue weighted by atomic mass is 19.4. The normalized spacial score (nSPS) is 20.1. The average Bonchev–Trinajstić information content (AvgIpc) is 2.87. The number of hydrogen-bond donors (Lipinski definition) is 0. The largest absolute Gasteiger partial charge is 0.430 e. The molecule has 0 saturated heterocycles. The fourth-order valence-corrected chi connectivity index (χ4v) is 5.82. The Bertz CT molecular complexity index is 927. The lowest BCUT2D eigenvalue weighted by molar-refractivity contribution is -0.402. The van der Waals surface area contributed by atoms with Crippen molar-refractivity contribution in [2.75, 3.05) is 0 Å². The van der Waals surface area contributed by atoms with Gasteiger partial charge >= 0.3 is 24.7 Å². The molecule has 2 aliphatic carbocycles. The summed E-state index contributed by atoms with van der Waals surface area (Å²) in [7, 11) is 0. The summed E-state index contributed by atoms with van der Waals surface area (Å²) in [6.07, 6.45) is -27.1. The molecule has 0 amide bonds. The Balaban J connectivity index is 2.42. The Kier molecular flexibility index (Phi) is 10.2. The zero-order valence-electron chi connectivity index (χ0n) is 23.1. The summed E-state index contributed by atoms with van der Waals surface area (Å²) in [6, 6.07) is 0.401. The van der Waals surface area contributed by atoms with E-state index >= 15 is 0 Å². The highest BCUT2D eigenvalue weighted by Crippen LogP contribution is 2.58. The van der Waals surface area contributed by atoms with Gasteiger partial charge in [-0.05, 0) is 49.7 Å². The molecule has 242 valence electrons. The number of ether oxygens (including phenoxy) is 2. The van der Waals surface area contributed by atoms with Crippen molar-refractivity contribution in [3.05, 3.63) is 34.9 Å². The van der Waals surface area contributed by atoms with E-state index in [0.29, 0.717) is 25.0 Å². The van der Waals surface area contributed by atoms with Crippen LogP contribution in [0, 0.1) is 0 Å². The molecule has 0 spiro atoms. The van der Waals surface area contributed by atoms with Crippen LogP contribution in [0.25, 0.3) is 0 Å². The molecular weight excluding hydrogens is 596 g/mol. The summed E-state index contributed by atoms with van der Waals surface area (Å²) in [5, 5.41) is 0. The number of benzene rings is 1. The Hall–Kier alpha value is -1.70. The van der Waals surface area contributed by atoms with Gasteiger partial charge in [0.2, 0.25) is 0 Å². The van der Waals surface area contributed by atoms with Crippen LogP contribution in [0.2, 0.25) is 0 Å². The van der Waals surface area contributed by atoms with E-state index in [0.717, 1.165) is 0 Å². The zero-order chi connectivity index (χ0) is 31.8. The number of rotatable bonds is 8. The van der Waals surface area contributed by atoms with Crippen LogP contribution in [0.15, 0.2) is 18.2 Å². The highest BCUT2D eigenvalue weighted by Gasteiger charge is 2.76. The van der Waals surface area contributed by atoms with Crippen molar-refractivity contribution in [1.82, 2.24) is 0 Å². The van der Waals surface area contributed by atoms with Crippen LogP contribution in [0.4, 0.5) is 52.7 Å². The van der Waals surface area contributed by atoms with Gasteiger partial charge in [-0.2, -0.15) is 52.7 Å². The first-order valence-corrected chi connectivity index (χ1v) is 14.0. The van der Waals surface area contributed by atoms with E-state index in [2.05, 4.69) is 0 Å². The molecule has 0 aliphatic heterocycles. The van der Waals surface area contributed by atoms with Gasteiger partial charge in [0.25, 0.3) is 11.2 Å². The molecule has 3 rings (SSSR count). The lowest BCUT2D eigenvalue weighted by Gasteiger charge is -2.43. The minimum absolute atomic E-state index is 0.00801. The van der Waals surface area contributed by atoms with Gasteiger partial charge in [0.1, 0.15) is 0 Å². The number of halogens is 12. The monoisotopic (exact) mass is 630 g/mol. The van der Waals surface area contributed by atoms with Crippen LogP contribution in [0.1, 0.15) is 107 Å². The second-order valence-corrected chi connectivity index (χ2v) is 11.3. The summed E-state index contributed by atoms with van der Waals surface area (Å²) >= 11 is 0. The topological polar surface area (TPSA) is 18.5 Å². The van der Waals surface area contributed by atoms with Crippen molar-refractivity contribution in [3.8, 4) is 0 Å². The Morgan fingerprint density at radius 3 is 1.14 bits per heavy atom. The van der Waals surface area contributed by atoms with Gasteiger partial charge in [-0.1, -0.05) is 64.5 Å². The average molecular weight is 631 g/mol. The first-order chi connectivity index (χ1) is 19.2. The van der Waals surface area contributed by atoms with Gasteiger partial charge in [-0.3, -0.25) is 0 Å². The van der Waals surface area contributed by atoms with Gasteiger partial charge in [-0.15, -0.1) is 0 Å². The molecule has 0 aromatic heterocycles. The van der Waals surface area contributed by atoms with Crippen LogP contribution in [-0.4, -0.2) is 36.9 Å². The Morgan fingerprint density at radius 2 is 0.881 bits per heavy atom. The van der Waals surface area contributed by atoms with Crippen molar-refractivity contribution in [1.29, 1.82) is 0 Å². The third-order valence-electron chi connectivity index (χ3n) is 8.34. The van der Waals surface area contributed by atoms with Crippen LogP contribution in [-0.2, 0) is 20.7 Å². The first kappa shape index (κ1) is 34.8. The molecule has 1 unspecified atom stereocenters. The standard InChI is InChI=1S/C28H34F12O2/c1-3-17(2)18-14-19(23(25(29,30)31,26(32,33)34)41-21-10-6-4-7-11-21)16-20(15-18)24(27(35,36)37,28(38,39)40)42-22-12-8-5-9-13-22/h14-17,21-22H,3-13H2,1-2H3. The first-order valence-electron chi connectivity index (χ1n) is 14.0. The predicted molar refractivity (Wildman–Crippen MR) is 129 cm³/mol. The van der Waals surface area contributed by atoms with E-state index in [-0.39, 0.29) is 63.9 Å². The minimum Gasteiger partial charge on any atom is -0.351 e. The second-order valence-electron chi connectivity index (χ2n) is 11.3. The predicted octanol–water partition coefficient (Wildman–Crippen LogP) is 10.5. The molecule has 1 aromatic rings. The summed E-state index contributed by atoms with van der Waals surface area (Å²) in [5.74, 6) is -1.01. The van der Waals surface area contributed by atoms with Crippen molar-refractivity contribution in [2.45, 2.75) is 139 Å². The fourth-order valence-electron chi connectivity index (χ4n) is 5.82. The fraction of sp³-hybridized carbons (Fsp3) is 0.786. The van der Waals surface area contributed by atoms with Crippen molar-refractivity contribution in [2.24, 2.45) is 0 Å². The molecule has 0 N–H and O–H groups in total. The highest BCUT2D eigenvalue weighted by molar-refractivity contribution is 5.42. The van der Waals surface area contributed by atoms with E-state index in [1.807, 2.05) is 0 Å². The van der Waals surface area contributed by atoms with Gasteiger partial charge in [0, 0.05) is 11.1 Å². The van der Waals surface area contributed by atoms with Crippen molar-refractivity contribution in [3.63, 3.8) is 0 Å². The van der Waals surface area contributed by atoms with Gasteiger partial charge in [-0.25, -0.2) is 0 Å². The molecular formula is C28H34F12O2. The maximum atomic E-state index is 14.7.